The molecule has 2 N–H and O–H groups in total. The molecular formula is C6H6ClF2NO2S. The third kappa shape index (κ3) is 2.61. The fourth-order valence-electron chi connectivity index (χ4n) is 0.704. The van der Waals surface area contributed by atoms with Crippen molar-refractivity contribution in [3.05, 3.63) is 29.8 Å². The minimum absolute atomic E-state index is 0. The summed E-state index contributed by atoms with van der Waals surface area (Å²) in [6.07, 6.45) is 0. The average molecular weight is 230 g/mol. The first-order valence-electron chi connectivity index (χ1n) is 2.90. The van der Waals surface area contributed by atoms with Gasteiger partial charge in [0, 0.05) is 0 Å². The van der Waals surface area contributed by atoms with Crippen LogP contribution >= 0.6 is 12.4 Å². The number of halogens is 3. The first-order valence-corrected chi connectivity index (χ1v) is 4.44. The summed E-state index contributed by atoms with van der Waals surface area (Å²) in [4.78, 5) is -0.831. The van der Waals surface area contributed by atoms with Gasteiger partial charge >= 0.3 is 0 Å². The molecule has 7 heteroatoms. The number of hydrogen-bond donors (Lipinski definition) is 1. The standard InChI is InChI=1S/C6H5F2NO2S.ClH/c7-4-2-1-3-5(6(4)8)12(9,10)11;/h1-3H,(H2,9,10,11);1H. The maximum Gasteiger partial charge on any atom is 0.241 e. The van der Waals surface area contributed by atoms with E-state index in [1.54, 1.807) is 0 Å². The predicted molar refractivity (Wildman–Crippen MR) is 45.0 cm³/mol. The summed E-state index contributed by atoms with van der Waals surface area (Å²) in [5.74, 6) is -2.68. The molecule has 1 aromatic rings. The van der Waals surface area contributed by atoms with E-state index in [1.807, 2.05) is 0 Å². The minimum atomic E-state index is -4.17. The number of rotatable bonds is 1. The van der Waals surface area contributed by atoms with Gasteiger partial charge in [-0.3, -0.25) is 0 Å². The van der Waals surface area contributed by atoms with Gasteiger partial charge < -0.3 is 0 Å². The maximum atomic E-state index is 12.7. The molecule has 0 saturated carbocycles. The van der Waals surface area contributed by atoms with Crippen LogP contribution in [-0.4, -0.2) is 8.42 Å². The van der Waals surface area contributed by atoms with E-state index in [2.05, 4.69) is 5.14 Å². The van der Waals surface area contributed by atoms with Crippen molar-refractivity contribution in [2.75, 3.05) is 0 Å². The SMILES string of the molecule is Cl.NS(=O)(=O)c1cccc(F)c1F. The van der Waals surface area contributed by atoms with Crippen LogP contribution in [0.5, 0.6) is 0 Å². The first-order chi connectivity index (χ1) is 5.43. The molecule has 0 fully saturated rings. The summed E-state index contributed by atoms with van der Waals surface area (Å²) in [5, 5.41) is 4.59. The van der Waals surface area contributed by atoms with E-state index in [0.29, 0.717) is 0 Å². The second kappa shape index (κ2) is 3.99. The smallest absolute Gasteiger partial charge is 0.225 e. The summed E-state index contributed by atoms with van der Waals surface area (Å²) in [7, 11) is -4.17. The monoisotopic (exact) mass is 229 g/mol. The summed E-state index contributed by atoms with van der Waals surface area (Å²) in [5.41, 5.74) is 0. The van der Waals surface area contributed by atoms with Crippen LogP contribution < -0.4 is 5.14 Å². The van der Waals surface area contributed by atoms with Gasteiger partial charge in [-0.1, -0.05) is 6.07 Å². The minimum Gasteiger partial charge on any atom is -0.225 e. The summed E-state index contributed by atoms with van der Waals surface area (Å²) >= 11 is 0. The molecule has 0 amide bonds. The molecular weight excluding hydrogens is 224 g/mol. The zero-order chi connectivity index (χ0) is 9.35. The third-order valence-corrected chi connectivity index (χ3v) is 2.15. The Hall–Kier alpha value is -0.720. The van der Waals surface area contributed by atoms with Crippen molar-refractivity contribution in [3.8, 4) is 0 Å². The first kappa shape index (κ1) is 12.3. The van der Waals surface area contributed by atoms with Gasteiger partial charge in [0.25, 0.3) is 0 Å². The lowest BCUT2D eigenvalue weighted by molar-refractivity contribution is 0.485. The van der Waals surface area contributed by atoms with E-state index >= 15 is 0 Å². The molecule has 0 radical (unpaired) electrons. The molecule has 0 aliphatic carbocycles. The number of hydrogen-bond acceptors (Lipinski definition) is 2. The maximum absolute atomic E-state index is 12.7. The van der Waals surface area contributed by atoms with E-state index in [1.165, 1.54) is 0 Å². The fourth-order valence-corrected chi connectivity index (χ4v) is 1.32. The Morgan fingerprint density at radius 1 is 1.23 bits per heavy atom. The second-order valence-electron chi connectivity index (χ2n) is 2.10. The van der Waals surface area contributed by atoms with Gasteiger partial charge in [-0.25, -0.2) is 22.3 Å². The lowest BCUT2D eigenvalue weighted by Gasteiger charge is -1.99. The van der Waals surface area contributed by atoms with Crippen LogP contribution in [0.4, 0.5) is 8.78 Å². The molecule has 0 atom stereocenters. The van der Waals surface area contributed by atoms with Gasteiger partial charge in [0.05, 0.1) is 0 Å². The Kier molecular flexibility index (Phi) is 3.77. The van der Waals surface area contributed by atoms with Gasteiger partial charge in [0.1, 0.15) is 4.90 Å². The second-order valence-corrected chi connectivity index (χ2v) is 3.63. The van der Waals surface area contributed by atoms with Crippen LogP contribution in [-0.2, 0) is 10.0 Å². The zero-order valence-corrected chi connectivity index (χ0v) is 7.83. The molecule has 3 nitrogen and oxygen atoms in total. The zero-order valence-electron chi connectivity index (χ0n) is 6.20. The van der Waals surface area contributed by atoms with Gasteiger partial charge in [0.2, 0.25) is 10.0 Å². The Balaban J connectivity index is 0.00000144. The molecule has 0 heterocycles. The van der Waals surface area contributed by atoms with Crippen LogP contribution in [0.25, 0.3) is 0 Å². The van der Waals surface area contributed by atoms with E-state index in [4.69, 9.17) is 0 Å². The molecule has 74 valence electrons. The number of primary sulfonamides is 1. The van der Waals surface area contributed by atoms with Crippen LogP contribution in [0, 0.1) is 11.6 Å². The lowest BCUT2D eigenvalue weighted by Crippen LogP contribution is -2.14. The van der Waals surface area contributed by atoms with Crippen molar-refractivity contribution in [1.82, 2.24) is 0 Å². The average Bonchev–Trinajstić information content (AvgIpc) is 1.92. The van der Waals surface area contributed by atoms with Crippen molar-refractivity contribution in [3.63, 3.8) is 0 Å². The molecule has 0 bridgehead atoms. The quantitative estimate of drug-likeness (QED) is 0.782. The van der Waals surface area contributed by atoms with E-state index in [0.717, 1.165) is 18.2 Å². The van der Waals surface area contributed by atoms with Gasteiger partial charge in [-0.2, -0.15) is 0 Å². The molecule has 0 aliphatic rings. The van der Waals surface area contributed by atoms with Crippen LogP contribution in [0.3, 0.4) is 0 Å². The van der Waals surface area contributed by atoms with Crippen molar-refractivity contribution in [2.24, 2.45) is 5.14 Å². The van der Waals surface area contributed by atoms with Crippen LogP contribution in [0.15, 0.2) is 23.1 Å². The Morgan fingerprint density at radius 3 is 2.15 bits per heavy atom. The molecule has 0 aromatic heterocycles. The summed E-state index contributed by atoms with van der Waals surface area (Å²) in [6, 6.07) is 2.77. The van der Waals surface area contributed by atoms with Crippen LogP contribution in [0.1, 0.15) is 0 Å². The highest BCUT2D eigenvalue weighted by molar-refractivity contribution is 7.89. The van der Waals surface area contributed by atoms with Gasteiger partial charge in [-0.05, 0) is 12.1 Å². The van der Waals surface area contributed by atoms with Gasteiger partial charge in [0.15, 0.2) is 11.6 Å². The topological polar surface area (TPSA) is 60.2 Å². The van der Waals surface area contributed by atoms with Gasteiger partial charge in [-0.15, -0.1) is 12.4 Å². The number of benzene rings is 1. The molecule has 13 heavy (non-hydrogen) atoms. The Labute approximate surface area is 80.0 Å². The molecule has 0 aliphatic heterocycles. The lowest BCUT2D eigenvalue weighted by atomic mass is 10.3. The Morgan fingerprint density at radius 2 is 1.77 bits per heavy atom. The highest BCUT2D eigenvalue weighted by Crippen LogP contribution is 2.14. The summed E-state index contributed by atoms with van der Waals surface area (Å²) in [6.45, 7) is 0. The number of sulfonamides is 1. The Bertz CT molecular complexity index is 407. The highest BCUT2D eigenvalue weighted by atomic mass is 35.5. The van der Waals surface area contributed by atoms with E-state index in [9.17, 15) is 17.2 Å². The van der Waals surface area contributed by atoms with E-state index < -0.39 is 26.6 Å². The van der Waals surface area contributed by atoms with Crippen molar-refractivity contribution >= 4 is 22.4 Å². The predicted octanol–water partition coefficient (Wildman–Crippen LogP) is 1.03. The molecule has 0 unspecified atom stereocenters. The van der Waals surface area contributed by atoms with Crippen LogP contribution in [0.2, 0.25) is 0 Å². The normalized spacial score (nSPS) is 10.7. The fraction of sp³-hybridized carbons (Fsp3) is 0. The molecule has 0 saturated heterocycles. The largest absolute Gasteiger partial charge is 0.241 e. The van der Waals surface area contributed by atoms with Crippen molar-refractivity contribution in [1.29, 1.82) is 0 Å². The van der Waals surface area contributed by atoms with Crippen molar-refractivity contribution in [2.45, 2.75) is 4.90 Å². The summed E-state index contributed by atoms with van der Waals surface area (Å²) < 4.78 is 46.2. The van der Waals surface area contributed by atoms with E-state index in [-0.39, 0.29) is 12.4 Å². The molecule has 1 aromatic carbocycles. The highest BCUT2D eigenvalue weighted by Gasteiger charge is 2.16. The molecule has 0 spiro atoms. The van der Waals surface area contributed by atoms with Crippen molar-refractivity contribution < 1.29 is 17.2 Å². The third-order valence-electron chi connectivity index (χ3n) is 1.22. The number of nitrogens with two attached hydrogens (primary N) is 1. The molecule has 1 rings (SSSR count).